The van der Waals surface area contributed by atoms with Crippen molar-refractivity contribution < 1.29 is 13.2 Å². The van der Waals surface area contributed by atoms with Gasteiger partial charge in [-0.2, -0.15) is 4.31 Å². The zero-order valence-electron chi connectivity index (χ0n) is 21.1. The van der Waals surface area contributed by atoms with Crippen molar-refractivity contribution in [2.24, 2.45) is 0 Å². The van der Waals surface area contributed by atoms with Crippen LogP contribution in [0, 0.1) is 0 Å². The van der Waals surface area contributed by atoms with Gasteiger partial charge in [-0.1, -0.05) is 35.6 Å². The number of nitrogens with zero attached hydrogens (tertiary/aromatic N) is 4. The van der Waals surface area contributed by atoms with Gasteiger partial charge in [0.2, 0.25) is 10.0 Å². The summed E-state index contributed by atoms with van der Waals surface area (Å²) < 4.78 is 29.0. The van der Waals surface area contributed by atoms with Crippen LogP contribution in [0.1, 0.15) is 21.5 Å². The van der Waals surface area contributed by atoms with Crippen LogP contribution in [0.2, 0.25) is 0 Å². The maximum absolute atomic E-state index is 13.2. The number of likely N-dealkylation sites (N-methyl/N-ethyl adjacent to an activating group) is 1. The number of fused-ring (bicyclic) bond motifs is 2. The van der Waals surface area contributed by atoms with Crippen molar-refractivity contribution in [2.75, 3.05) is 50.0 Å². The second-order valence-corrected chi connectivity index (χ2v) is 12.8. The number of carbonyl (C=O) groups excluding carboxylic acids is 1. The van der Waals surface area contributed by atoms with E-state index in [9.17, 15) is 13.2 Å². The van der Waals surface area contributed by atoms with E-state index in [1.54, 1.807) is 23.5 Å². The highest BCUT2D eigenvalue weighted by atomic mass is 32.2. The summed E-state index contributed by atoms with van der Waals surface area (Å²) >= 11 is 1.63. The van der Waals surface area contributed by atoms with Gasteiger partial charge >= 0.3 is 0 Å². The second kappa shape index (κ2) is 10.1. The number of nitrogens with one attached hydrogen (secondary N) is 1. The molecule has 0 bridgehead atoms. The van der Waals surface area contributed by atoms with Gasteiger partial charge in [0.1, 0.15) is 0 Å². The molecule has 1 N–H and O–H groups in total. The smallest absolute Gasteiger partial charge is 0.255 e. The third-order valence-corrected chi connectivity index (χ3v) is 10.2. The van der Waals surface area contributed by atoms with Crippen molar-refractivity contribution in [3.05, 3.63) is 83.4 Å². The Balaban J connectivity index is 1.14. The van der Waals surface area contributed by atoms with Crippen LogP contribution in [-0.4, -0.2) is 68.3 Å². The summed E-state index contributed by atoms with van der Waals surface area (Å²) in [4.78, 5) is 22.5. The van der Waals surface area contributed by atoms with Crippen LogP contribution in [0.15, 0.2) is 71.6 Å². The van der Waals surface area contributed by atoms with Crippen LogP contribution in [0.4, 0.5) is 10.8 Å². The molecule has 3 heterocycles. The normalized spacial score (nSPS) is 16.9. The first kappa shape index (κ1) is 25.0. The number of amides is 1. The molecule has 10 heteroatoms. The molecule has 38 heavy (non-hydrogen) atoms. The fourth-order valence-electron chi connectivity index (χ4n) is 4.93. The molecule has 196 valence electrons. The third kappa shape index (κ3) is 4.92. The lowest BCUT2D eigenvalue weighted by Gasteiger charge is -2.31. The highest BCUT2D eigenvalue weighted by Gasteiger charge is 2.28. The summed E-state index contributed by atoms with van der Waals surface area (Å²) in [5.74, 6) is -0.288. The average molecular weight is 548 g/mol. The van der Waals surface area contributed by atoms with Crippen LogP contribution in [0.25, 0.3) is 10.2 Å². The quantitative estimate of drug-likeness (QED) is 0.406. The first-order valence-corrected chi connectivity index (χ1v) is 14.9. The fraction of sp³-hybridized carbons (Fsp3) is 0.286. The standard InChI is InChI=1S/C28H29N5O3S2/c1-31-14-16-32(17-15-31)28-30-25-11-8-23(18-26(25)37-28)29-27(34)21-6-9-24(10-7-21)38(35,36)33-13-12-20-4-2-3-5-22(20)19-33/h2-11,18H,12-17,19H2,1H3,(H,29,34). The molecule has 0 radical (unpaired) electrons. The Morgan fingerprint density at radius 3 is 2.42 bits per heavy atom. The molecule has 0 aliphatic carbocycles. The molecule has 0 atom stereocenters. The van der Waals surface area contributed by atoms with Crippen molar-refractivity contribution in [1.29, 1.82) is 0 Å². The van der Waals surface area contributed by atoms with E-state index in [1.165, 1.54) is 22.0 Å². The minimum atomic E-state index is -3.65. The number of rotatable bonds is 5. The summed E-state index contributed by atoms with van der Waals surface area (Å²) in [5.41, 5.74) is 4.22. The van der Waals surface area contributed by atoms with Crippen molar-refractivity contribution in [3.63, 3.8) is 0 Å². The minimum Gasteiger partial charge on any atom is -0.345 e. The number of benzene rings is 3. The van der Waals surface area contributed by atoms with Crippen LogP contribution in [0.5, 0.6) is 0 Å². The first-order chi connectivity index (χ1) is 18.4. The van der Waals surface area contributed by atoms with Crippen LogP contribution in [-0.2, 0) is 23.0 Å². The predicted molar refractivity (Wildman–Crippen MR) is 151 cm³/mol. The summed E-state index contributed by atoms with van der Waals surface area (Å²) in [6, 6.07) is 19.8. The van der Waals surface area contributed by atoms with E-state index in [0.29, 0.717) is 30.8 Å². The molecule has 1 saturated heterocycles. The number of piperazine rings is 1. The van der Waals surface area contributed by atoms with Gasteiger partial charge in [0.15, 0.2) is 5.13 Å². The summed E-state index contributed by atoms with van der Waals surface area (Å²) in [6.45, 7) is 4.75. The van der Waals surface area contributed by atoms with Crippen LogP contribution >= 0.6 is 11.3 Å². The van der Waals surface area contributed by atoms with Crippen molar-refractivity contribution in [3.8, 4) is 0 Å². The van der Waals surface area contributed by atoms with E-state index >= 15 is 0 Å². The van der Waals surface area contributed by atoms with Gasteiger partial charge in [-0.3, -0.25) is 4.79 Å². The fourth-order valence-corrected chi connectivity index (χ4v) is 7.40. The maximum Gasteiger partial charge on any atom is 0.255 e. The van der Waals surface area contributed by atoms with Crippen LogP contribution < -0.4 is 10.2 Å². The predicted octanol–water partition coefficient (Wildman–Crippen LogP) is 4.05. The lowest BCUT2D eigenvalue weighted by Crippen LogP contribution is -2.44. The lowest BCUT2D eigenvalue weighted by atomic mass is 10.0. The molecule has 0 spiro atoms. The van der Waals surface area contributed by atoms with Gasteiger partial charge in [0.05, 0.1) is 15.1 Å². The number of hydrogen-bond acceptors (Lipinski definition) is 7. The Bertz CT molecular complexity index is 1590. The summed E-state index contributed by atoms with van der Waals surface area (Å²) in [5, 5.41) is 3.94. The number of sulfonamides is 1. The van der Waals surface area contributed by atoms with E-state index in [2.05, 4.69) is 22.2 Å². The topological polar surface area (TPSA) is 85.8 Å². The highest BCUT2D eigenvalue weighted by molar-refractivity contribution is 7.89. The van der Waals surface area contributed by atoms with Crippen molar-refractivity contribution in [2.45, 2.75) is 17.9 Å². The molecule has 8 nitrogen and oxygen atoms in total. The molecule has 0 unspecified atom stereocenters. The molecule has 2 aliphatic heterocycles. The Labute approximate surface area is 226 Å². The number of thiazole rings is 1. The molecular weight excluding hydrogens is 518 g/mol. The molecule has 4 aromatic rings. The molecule has 1 fully saturated rings. The lowest BCUT2D eigenvalue weighted by molar-refractivity contribution is 0.102. The van der Waals surface area contributed by atoms with Gasteiger partial charge in [0, 0.05) is 50.5 Å². The minimum absolute atomic E-state index is 0.191. The maximum atomic E-state index is 13.2. The summed E-state index contributed by atoms with van der Waals surface area (Å²) in [7, 11) is -1.52. The Kier molecular flexibility index (Phi) is 6.65. The highest BCUT2D eigenvalue weighted by Crippen LogP contribution is 2.31. The van der Waals surface area contributed by atoms with Crippen LogP contribution in [0.3, 0.4) is 0 Å². The van der Waals surface area contributed by atoms with E-state index in [0.717, 1.165) is 47.1 Å². The largest absolute Gasteiger partial charge is 0.345 e. The second-order valence-electron chi connectivity index (χ2n) is 9.81. The van der Waals surface area contributed by atoms with Gasteiger partial charge in [0.25, 0.3) is 5.91 Å². The van der Waals surface area contributed by atoms with Gasteiger partial charge in [-0.15, -0.1) is 0 Å². The monoisotopic (exact) mass is 547 g/mol. The molecule has 1 amide bonds. The molecule has 0 saturated carbocycles. The first-order valence-electron chi connectivity index (χ1n) is 12.7. The average Bonchev–Trinajstić information content (AvgIpc) is 3.36. The van der Waals surface area contributed by atoms with Gasteiger partial charge < -0.3 is 15.1 Å². The molecule has 6 rings (SSSR count). The van der Waals surface area contributed by atoms with E-state index < -0.39 is 10.0 Å². The van der Waals surface area contributed by atoms with E-state index in [-0.39, 0.29) is 10.8 Å². The molecular formula is C28H29N5O3S2. The molecule has 3 aromatic carbocycles. The third-order valence-electron chi connectivity index (χ3n) is 7.26. The SMILES string of the molecule is CN1CCN(c2nc3ccc(NC(=O)c4ccc(S(=O)(=O)N5CCc6ccccc6C5)cc4)cc3s2)CC1. The summed E-state index contributed by atoms with van der Waals surface area (Å²) in [6.07, 6.45) is 0.691. The zero-order chi connectivity index (χ0) is 26.3. The van der Waals surface area contributed by atoms with E-state index in [4.69, 9.17) is 4.98 Å². The van der Waals surface area contributed by atoms with Crippen molar-refractivity contribution in [1.82, 2.24) is 14.2 Å². The number of carbonyl (C=O) groups is 1. The van der Waals surface area contributed by atoms with E-state index in [1.807, 2.05) is 42.5 Å². The zero-order valence-corrected chi connectivity index (χ0v) is 22.8. The molecule has 1 aromatic heterocycles. The Hall–Kier alpha value is -3.31. The van der Waals surface area contributed by atoms with Gasteiger partial charge in [-0.05, 0) is 67.1 Å². The number of anilines is 2. The Morgan fingerprint density at radius 1 is 0.921 bits per heavy atom. The molecule has 2 aliphatic rings. The number of hydrogen-bond donors (Lipinski definition) is 1. The Morgan fingerprint density at radius 2 is 1.66 bits per heavy atom. The van der Waals surface area contributed by atoms with Crippen molar-refractivity contribution >= 4 is 48.3 Å². The number of aromatic nitrogens is 1. The van der Waals surface area contributed by atoms with Gasteiger partial charge in [-0.25, -0.2) is 13.4 Å².